The Morgan fingerprint density at radius 3 is 2.60 bits per heavy atom. The van der Waals surface area contributed by atoms with Crippen molar-refractivity contribution < 1.29 is 0 Å². The highest BCUT2D eigenvalue weighted by atomic mass is 32.2. The van der Waals surface area contributed by atoms with E-state index in [9.17, 15) is 0 Å². The van der Waals surface area contributed by atoms with Crippen LogP contribution in [0.25, 0.3) is 0 Å². The molecule has 1 fully saturated rings. The zero-order chi connectivity index (χ0) is 14.6. The second kappa shape index (κ2) is 6.90. The van der Waals surface area contributed by atoms with E-state index in [2.05, 4.69) is 43.1 Å². The zero-order valence-electron chi connectivity index (χ0n) is 13.1. The van der Waals surface area contributed by atoms with Crippen LogP contribution in [0.3, 0.4) is 0 Å². The van der Waals surface area contributed by atoms with Gasteiger partial charge in [-0.2, -0.15) is 0 Å². The lowest BCUT2D eigenvalue weighted by Gasteiger charge is -2.42. The number of thioether (sulfide) groups is 1. The molecule has 1 heterocycles. The average Bonchev–Trinajstić information content (AvgIpc) is 2.48. The number of aromatic nitrogens is 2. The molecule has 3 atom stereocenters. The molecule has 0 radical (unpaired) electrons. The van der Waals surface area contributed by atoms with Gasteiger partial charge in [-0.3, -0.25) is 0 Å². The van der Waals surface area contributed by atoms with Crippen LogP contribution in [0, 0.1) is 11.3 Å². The van der Waals surface area contributed by atoms with E-state index >= 15 is 0 Å². The molecule has 20 heavy (non-hydrogen) atoms. The Bertz CT molecular complexity index is 407. The maximum absolute atomic E-state index is 4.37. The molecular formula is C16H27N3S. The minimum absolute atomic E-state index is 0.440. The lowest BCUT2D eigenvalue weighted by atomic mass is 9.68. The van der Waals surface area contributed by atoms with E-state index in [0.717, 1.165) is 11.1 Å². The monoisotopic (exact) mass is 293 g/mol. The molecular weight excluding hydrogens is 266 g/mol. The number of nitrogens with one attached hydrogen (secondary N) is 1. The van der Waals surface area contributed by atoms with E-state index in [1.165, 1.54) is 25.7 Å². The summed E-state index contributed by atoms with van der Waals surface area (Å²) in [5.74, 6) is 0.804. The second-order valence-electron chi connectivity index (χ2n) is 6.43. The van der Waals surface area contributed by atoms with Gasteiger partial charge in [0.15, 0.2) is 5.16 Å². The maximum Gasteiger partial charge on any atom is 0.187 e. The van der Waals surface area contributed by atoms with Crippen molar-refractivity contribution in [2.45, 2.75) is 62.9 Å². The van der Waals surface area contributed by atoms with Crippen molar-refractivity contribution in [3.05, 3.63) is 18.5 Å². The molecule has 1 aliphatic rings. The zero-order valence-corrected chi connectivity index (χ0v) is 13.9. The van der Waals surface area contributed by atoms with Crippen LogP contribution >= 0.6 is 11.8 Å². The molecule has 0 spiro atoms. The molecule has 1 aromatic heterocycles. The average molecular weight is 293 g/mol. The van der Waals surface area contributed by atoms with Crippen molar-refractivity contribution in [1.82, 2.24) is 15.3 Å². The summed E-state index contributed by atoms with van der Waals surface area (Å²) in [6.07, 6.45) is 8.77. The first kappa shape index (κ1) is 15.8. The van der Waals surface area contributed by atoms with Gasteiger partial charge in [0, 0.05) is 23.7 Å². The molecule has 1 aliphatic carbocycles. The Hall–Kier alpha value is -0.610. The van der Waals surface area contributed by atoms with Crippen molar-refractivity contribution >= 4 is 11.8 Å². The summed E-state index contributed by atoms with van der Waals surface area (Å²) < 4.78 is 0. The Morgan fingerprint density at radius 1 is 1.30 bits per heavy atom. The van der Waals surface area contributed by atoms with Gasteiger partial charge >= 0.3 is 0 Å². The van der Waals surface area contributed by atoms with Gasteiger partial charge in [0.1, 0.15) is 0 Å². The Labute approximate surface area is 127 Å². The summed E-state index contributed by atoms with van der Waals surface area (Å²) in [5, 5.41) is 4.97. The molecule has 112 valence electrons. The minimum Gasteiger partial charge on any atom is -0.316 e. The molecule has 1 N–H and O–H groups in total. The van der Waals surface area contributed by atoms with E-state index in [4.69, 9.17) is 0 Å². The third-order valence-corrected chi connectivity index (χ3v) is 6.22. The molecule has 0 bridgehead atoms. The number of rotatable bonds is 5. The topological polar surface area (TPSA) is 37.8 Å². The number of hydrogen-bond donors (Lipinski definition) is 1. The van der Waals surface area contributed by atoms with Crippen LogP contribution in [0.2, 0.25) is 0 Å². The fraction of sp³-hybridized carbons (Fsp3) is 0.750. The molecule has 1 aromatic rings. The molecule has 0 amide bonds. The second-order valence-corrected chi connectivity index (χ2v) is 7.64. The fourth-order valence-corrected chi connectivity index (χ4v) is 4.35. The third kappa shape index (κ3) is 3.73. The van der Waals surface area contributed by atoms with E-state index in [-0.39, 0.29) is 0 Å². The van der Waals surface area contributed by atoms with Crippen molar-refractivity contribution in [2.75, 3.05) is 7.05 Å². The molecule has 1 saturated carbocycles. The molecule has 0 aromatic carbocycles. The normalized spacial score (nSPS) is 27.5. The quantitative estimate of drug-likeness (QED) is 0.839. The van der Waals surface area contributed by atoms with Gasteiger partial charge in [-0.15, -0.1) is 0 Å². The number of hydrogen-bond acceptors (Lipinski definition) is 4. The Morgan fingerprint density at radius 2 is 2.00 bits per heavy atom. The van der Waals surface area contributed by atoms with Crippen LogP contribution in [0.4, 0.5) is 0 Å². The van der Waals surface area contributed by atoms with E-state index in [0.29, 0.717) is 16.7 Å². The van der Waals surface area contributed by atoms with Gasteiger partial charge in [-0.05, 0) is 43.7 Å². The van der Waals surface area contributed by atoms with Crippen LogP contribution < -0.4 is 5.32 Å². The van der Waals surface area contributed by atoms with Gasteiger partial charge in [-0.1, -0.05) is 39.0 Å². The van der Waals surface area contributed by atoms with Crippen LogP contribution in [-0.2, 0) is 0 Å². The van der Waals surface area contributed by atoms with Crippen LogP contribution in [0.1, 0.15) is 46.5 Å². The smallest absolute Gasteiger partial charge is 0.187 e. The third-order valence-electron chi connectivity index (χ3n) is 4.98. The van der Waals surface area contributed by atoms with Gasteiger partial charge < -0.3 is 5.32 Å². The van der Waals surface area contributed by atoms with Gasteiger partial charge in [0.25, 0.3) is 0 Å². The maximum atomic E-state index is 4.37. The highest BCUT2D eigenvalue weighted by Gasteiger charge is 2.37. The summed E-state index contributed by atoms with van der Waals surface area (Å²) in [6, 6.07) is 2.46. The van der Waals surface area contributed by atoms with Gasteiger partial charge in [0.05, 0.1) is 0 Å². The van der Waals surface area contributed by atoms with Crippen LogP contribution in [0.15, 0.2) is 23.6 Å². The Balaban J connectivity index is 2.07. The van der Waals surface area contributed by atoms with Crippen molar-refractivity contribution in [2.24, 2.45) is 11.3 Å². The highest BCUT2D eigenvalue weighted by Crippen LogP contribution is 2.44. The standard InChI is InChI=1S/C16H27N3S/c1-5-16(2,3)12-7-8-13(17-4)14(11-12)20-15-18-9-6-10-19-15/h6,9-10,12-14,17H,5,7-8,11H2,1-4H3. The highest BCUT2D eigenvalue weighted by molar-refractivity contribution is 7.99. The van der Waals surface area contributed by atoms with Crippen molar-refractivity contribution in [3.63, 3.8) is 0 Å². The van der Waals surface area contributed by atoms with Crippen LogP contribution in [0.5, 0.6) is 0 Å². The molecule has 0 aliphatic heterocycles. The SMILES string of the molecule is CCC(C)(C)C1CCC(NC)C(Sc2ncccn2)C1. The summed E-state index contributed by atoms with van der Waals surface area (Å²) in [6.45, 7) is 7.14. The molecule has 3 unspecified atom stereocenters. The van der Waals surface area contributed by atoms with Crippen molar-refractivity contribution in [1.29, 1.82) is 0 Å². The number of nitrogens with zero attached hydrogens (tertiary/aromatic N) is 2. The summed E-state index contributed by atoms with van der Waals surface area (Å²) in [5.41, 5.74) is 0.440. The summed E-state index contributed by atoms with van der Waals surface area (Å²) in [7, 11) is 2.08. The first-order chi connectivity index (χ1) is 9.56. The van der Waals surface area contributed by atoms with Crippen LogP contribution in [-0.4, -0.2) is 28.3 Å². The minimum atomic E-state index is 0.440. The summed E-state index contributed by atoms with van der Waals surface area (Å²) in [4.78, 5) is 8.75. The lowest BCUT2D eigenvalue weighted by Crippen LogP contribution is -2.43. The van der Waals surface area contributed by atoms with E-state index in [1.54, 1.807) is 0 Å². The molecule has 0 saturated heterocycles. The Kier molecular flexibility index (Phi) is 5.44. The molecule has 3 nitrogen and oxygen atoms in total. The lowest BCUT2D eigenvalue weighted by molar-refractivity contribution is 0.142. The fourth-order valence-electron chi connectivity index (χ4n) is 3.07. The van der Waals surface area contributed by atoms with E-state index in [1.807, 2.05) is 30.2 Å². The van der Waals surface area contributed by atoms with Gasteiger partial charge in [-0.25, -0.2) is 9.97 Å². The summed E-state index contributed by atoms with van der Waals surface area (Å²) >= 11 is 1.84. The molecule has 2 rings (SSSR count). The molecule has 4 heteroatoms. The first-order valence-electron chi connectivity index (χ1n) is 7.67. The first-order valence-corrected chi connectivity index (χ1v) is 8.55. The largest absolute Gasteiger partial charge is 0.316 e. The van der Waals surface area contributed by atoms with E-state index < -0.39 is 0 Å². The predicted octanol–water partition coefficient (Wildman–Crippen LogP) is 3.76. The van der Waals surface area contributed by atoms with Crippen molar-refractivity contribution in [3.8, 4) is 0 Å². The van der Waals surface area contributed by atoms with Gasteiger partial charge in [0.2, 0.25) is 0 Å². The predicted molar refractivity (Wildman–Crippen MR) is 85.9 cm³/mol.